The van der Waals surface area contributed by atoms with Gasteiger partial charge in [-0.25, -0.2) is 4.98 Å². The van der Waals surface area contributed by atoms with Crippen molar-refractivity contribution in [2.45, 2.75) is 85.0 Å². The van der Waals surface area contributed by atoms with Crippen LogP contribution in [-0.4, -0.2) is 14.1 Å². The van der Waals surface area contributed by atoms with Crippen LogP contribution in [0.15, 0.2) is 188 Å². The standard InChI is InChI=1S/C67H60N4O.Pt/c1-9-45(10-2)49-35-36-68-64(40-49)71-60-30-18-17-27-58(60)59-33-32-55(43-62(59)71)72-54-26-19-25-53(42-54)69-44-70(61-34-31-48(39-63(61)69)46-21-13-11-14-22-46)65-56(47-23-15-12-16-24-47)28-20-29-57(65)50-37-51(66(3,4)5)41-52(38-50)67(6,7)8;/h11-41,45H,9-10H2,1-8H3;/q-2;/i12D,15D,16D,23D,24D,45D;. The molecule has 366 valence electrons. The van der Waals surface area contributed by atoms with Crippen LogP contribution in [0.1, 0.15) is 99.0 Å². The molecule has 0 unspecified atom stereocenters. The van der Waals surface area contributed by atoms with Gasteiger partial charge in [-0.3, -0.25) is 4.57 Å². The number of benzene rings is 8. The Bertz CT molecular complexity index is 4090. The van der Waals surface area contributed by atoms with E-state index in [2.05, 4.69) is 139 Å². The summed E-state index contributed by atoms with van der Waals surface area (Å²) in [4.78, 5) is 4.85. The van der Waals surface area contributed by atoms with Gasteiger partial charge < -0.3 is 13.9 Å². The quantitative estimate of drug-likeness (QED) is 0.0956. The summed E-state index contributed by atoms with van der Waals surface area (Å²) in [7, 11) is 0. The minimum atomic E-state index is -0.746. The van der Waals surface area contributed by atoms with E-state index in [0.717, 1.165) is 71.8 Å². The number of para-hydroxylation sites is 2. The second-order valence-corrected chi connectivity index (χ2v) is 20.5. The summed E-state index contributed by atoms with van der Waals surface area (Å²) in [6, 6.07) is 56.1. The van der Waals surface area contributed by atoms with E-state index in [9.17, 15) is 4.11 Å². The number of pyridine rings is 1. The van der Waals surface area contributed by atoms with Crippen molar-refractivity contribution >= 4 is 32.8 Å². The van der Waals surface area contributed by atoms with E-state index in [-0.39, 0.29) is 49.5 Å². The van der Waals surface area contributed by atoms with Gasteiger partial charge in [0.05, 0.1) is 23.6 Å². The molecule has 0 spiro atoms. The van der Waals surface area contributed by atoms with Crippen LogP contribution in [0.5, 0.6) is 11.5 Å². The summed E-state index contributed by atoms with van der Waals surface area (Å²) in [6.07, 6.45) is 6.87. The number of rotatable bonds is 11. The third-order valence-corrected chi connectivity index (χ3v) is 13.8. The second kappa shape index (κ2) is 19.9. The van der Waals surface area contributed by atoms with Crippen molar-refractivity contribution in [3.8, 4) is 62.1 Å². The molecule has 0 atom stereocenters. The van der Waals surface area contributed by atoms with Gasteiger partial charge in [0, 0.05) is 45.6 Å². The first-order chi connectivity index (χ1) is 37.3. The first-order valence-electron chi connectivity index (χ1n) is 27.8. The van der Waals surface area contributed by atoms with E-state index in [0.29, 0.717) is 47.1 Å². The van der Waals surface area contributed by atoms with Gasteiger partial charge in [0.15, 0.2) is 0 Å². The zero-order valence-electron chi connectivity index (χ0n) is 48.4. The van der Waals surface area contributed by atoms with Crippen molar-refractivity contribution in [3.63, 3.8) is 0 Å². The maximum atomic E-state index is 9.32. The van der Waals surface area contributed by atoms with Crippen LogP contribution in [0.4, 0.5) is 0 Å². The van der Waals surface area contributed by atoms with Gasteiger partial charge in [-0.05, 0) is 115 Å². The molecule has 0 fully saturated rings. The molecule has 11 aromatic rings. The average Bonchev–Trinajstić information content (AvgIpc) is 4.07. The van der Waals surface area contributed by atoms with E-state index in [1.165, 1.54) is 0 Å². The predicted octanol–water partition coefficient (Wildman–Crippen LogP) is 17.1. The predicted molar refractivity (Wildman–Crippen MR) is 297 cm³/mol. The average molecular weight is 1140 g/mol. The molecule has 0 aliphatic carbocycles. The van der Waals surface area contributed by atoms with Crippen LogP contribution < -0.4 is 9.30 Å². The summed E-state index contributed by atoms with van der Waals surface area (Å²) in [5, 5.41) is 2.03. The molecule has 11 rings (SSSR count). The number of nitrogens with zero attached hydrogens (tertiary/aromatic N) is 4. The van der Waals surface area contributed by atoms with E-state index in [4.69, 9.17) is 13.8 Å². The smallest absolute Gasteiger partial charge is 0.268 e. The third-order valence-electron chi connectivity index (χ3n) is 13.8. The van der Waals surface area contributed by atoms with Crippen LogP contribution in [0, 0.1) is 18.5 Å². The SMILES string of the molecule is [2H]c1c([2H])c([2H])c(-c2cccc(-c3cc(C(C)(C)C)cc(C(C)(C)C)c3)c2-[n+]2[c-]n(-c3[c-]c(Oc4[c-]c5c(cc4)c4ccccc4n5-c4cc(C([2H])(CC)CC)ccn4)ccc3)c3cc(-c4ccccc4)ccc32)c([2H])c1[2H].[Pt]. The molecule has 0 radical (unpaired) electrons. The van der Waals surface area contributed by atoms with Crippen molar-refractivity contribution in [3.05, 3.63) is 223 Å². The van der Waals surface area contributed by atoms with Gasteiger partial charge in [0.2, 0.25) is 0 Å². The van der Waals surface area contributed by atoms with E-state index in [1.807, 2.05) is 100 Å². The van der Waals surface area contributed by atoms with Gasteiger partial charge >= 0.3 is 0 Å². The molecule has 0 aliphatic rings. The van der Waals surface area contributed by atoms with Gasteiger partial charge in [-0.15, -0.1) is 29.7 Å². The molecule has 0 saturated heterocycles. The number of imidazole rings is 1. The fourth-order valence-corrected chi connectivity index (χ4v) is 9.85. The van der Waals surface area contributed by atoms with Crippen LogP contribution >= 0.6 is 0 Å². The number of ether oxygens (including phenoxy) is 1. The molecule has 73 heavy (non-hydrogen) atoms. The maximum Gasteiger partial charge on any atom is 0.268 e. The molecule has 5 nitrogen and oxygen atoms in total. The van der Waals surface area contributed by atoms with E-state index < -0.39 is 24.0 Å². The fourth-order valence-electron chi connectivity index (χ4n) is 9.85. The molecule has 0 bridgehead atoms. The van der Waals surface area contributed by atoms with Crippen LogP contribution in [0.2, 0.25) is 0 Å². The molecular weight excluding hydrogens is 1070 g/mol. The second-order valence-electron chi connectivity index (χ2n) is 20.5. The normalized spacial score (nSPS) is 13.3. The Balaban J connectivity index is 0.00000704. The third kappa shape index (κ3) is 9.48. The fraction of sp³-hybridized carbons (Fsp3) is 0.194. The molecule has 0 saturated carbocycles. The van der Waals surface area contributed by atoms with Crippen molar-refractivity contribution in [2.24, 2.45) is 0 Å². The van der Waals surface area contributed by atoms with Gasteiger partial charge in [-0.1, -0.05) is 188 Å². The molecule has 0 N–H and O–H groups in total. The number of hydrogen-bond acceptors (Lipinski definition) is 2. The summed E-state index contributed by atoms with van der Waals surface area (Å²) < 4.78 is 66.8. The topological polar surface area (TPSA) is 35.9 Å². The summed E-state index contributed by atoms with van der Waals surface area (Å²) in [6.45, 7) is 17.3. The van der Waals surface area contributed by atoms with Gasteiger partial charge in [0.25, 0.3) is 6.33 Å². The number of fused-ring (bicyclic) bond motifs is 4. The van der Waals surface area contributed by atoms with Crippen molar-refractivity contribution in [2.75, 3.05) is 0 Å². The molecule has 3 heterocycles. The largest absolute Gasteiger partial charge is 0.510 e. The monoisotopic (exact) mass is 1140 g/mol. The van der Waals surface area contributed by atoms with Crippen LogP contribution in [-0.2, 0) is 31.9 Å². The first-order valence-corrected chi connectivity index (χ1v) is 24.8. The minimum Gasteiger partial charge on any atom is -0.510 e. The molecule has 0 aliphatic heterocycles. The van der Waals surface area contributed by atoms with Crippen LogP contribution in [0.25, 0.3) is 83.4 Å². The number of aromatic nitrogens is 4. The zero-order valence-corrected chi connectivity index (χ0v) is 44.7. The Morgan fingerprint density at radius 3 is 2.03 bits per heavy atom. The maximum absolute atomic E-state index is 9.32. The van der Waals surface area contributed by atoms with Gasteiger partial charge in [-0.2, -0.15) is 18.2 Å². The molecule has 8 aromatic carbocycles. The summed E-state index contributed by atoms with van der Waals surface area (Å²) >= 11 is 0. The Morgan fingerprint density at radius 2 is 1.30 bits per heavy atom. The van der Waals surface area contributed by atoms with Crippen molar-refractivity contribution in [1.29, 1.82) is 0 Å². The van der Waals surface area contributed by atoms with Crippen molar-refractivity contribution < 1.29 is 38.6 Å². The summed E-state index contributed by atoms with van der Waals surface area (Å²) in [5.41, 5.74) is 11.5. The molecular formula is C67H60N4OPt-2. The Morgan fingerprint density at radius 1 is 0.616 bits per heavy atom. The molecule has 3 aromatic heterocycles. The molecule has 6 heteroatoms. The van der Waals surface area contributed by atoms with Gasteiger partial charge in [0.1, 0.15) is 5.82 Å². The van der Waals surface area contributed by atoms with E-state index in [1.54, 1.807) is 6.20 Å². The Hall–Kier alpha value is -7.33. The number of hydrogen-bond donors (Lipinski definition) is 0. The van der Waals surface area contributed by atoms with Crippen LogP contribution in [0.3, 0.4) is 0 Å². The first kappa shape index (κ1) is 42.2. The molecule has 0 amide bonds. The Labute approximate surface area is 453 Å². The summed E-state index contributed by atoms with van der Waals surface area (Å²) in [5.74, 6) is 0.862. The Kier molecular flexibility index (Phi) is 11.5. The van der Waals surface area contributed by atoms with E-state index >= 15 is 0 Å². The zero-order chi connectivity index (χ0) is 55.0. The minimum absolute atomic E-state index is 0. The van der Waals surface area contributed by atoms with Crippen molar-refractivity contribution in [1.82, 2.24) is 14.1 Å².